The number of nitrogens with zero attached hydrogens (tertiary/aromatic N) is 3. The lowest BCUT2D eigenvalue weighted by atomic mass is 10.2. The van der Waals surface area contributed by atoms with Crippen molar-refractivity contribution in [2.24, 2.45) is 0 Å². The first-order valence-corrected chi connectivity index (χ1v) is 11.3. The molecule has 1 aromatic carbocycles. The smallest absolute Gasteiger partial charge is 0.246 e. The zero-order chi connectivity index (χ0) is 21.3. The van der Waals surface area contributed by atoms with Gasteiger partial charge < -0.3 is 24.8 Å². The molecule has 0 radical (unpaired) electrons. The molecule has 0 spiro atoms. The number of hydrogen-bond acceptors (Lipinski definition) is 6. The molecule has 3 saturated heterocycles. The minimum absolute atomic E-state index is 0.0269. The Labute approximate surface area is 180 Å². The molecule has 30 heavy (non-hydrogen) atoms. The summed E-state index contributed by atoms with van der Waals surface area (Å²) in [5.74, 6) is 0.167. The molecule has 162 valence electrons. The van der Waals surface area contributed by atoms with E-state index in [0.29, 0.717) is 17.9 Å². The van der Waals surface area contributed by atoms with Gasteiger partial charge in [0.2, 0.25) is 17.7 Å². The zero-order valence-electron chi connectivity index (χ0n) is 17.4. The Kier molecular flexibility index (Phi) is 5.92. The Morgan fingerprint density at radius 2 is 1.97 bits per heavy atom. The Morgan fingerprint density at radius 3 is 2.67 bits per heavy atom. The van der Waals surface area contributed by atoms with Gasteiger partial charge in [-0.05, 0) is 37.6 Å². The van der Waals surface area contributed by atoms with E-state index >= 15 is 0 Å². The molecule has 1 N–H and O–H groups in total. The van der Waals surface area contributed by atoms with Gasteiger partial charge in [-0.1, -0.05) is 0 Å². The summed E-state index contributed by atoms with van der Waals surface area (Å²) in [6.07, 6.45) is 1.25. The first-order valence-electron chi connectivity index (χ1n) is 10.3. The highest BCUT2D eigenvalue weighted by atomic mass is 32.2. The highest BCUT2D eigenvalue weighted by Gasteiger charge is 2.53. The van der Waals surface area contributed by atoms with Crippen LogP contribution in [0.4, 0.5) is 11.4 Å². The lowest BCUT2D eigenvalue weighted by Crippen LogP contribution is -2.51. The minimum Gasteiger partial charge on any atom is -0.378 e. The Hall–Kier alpha value is -2.26. The molecule has 0 aliphatic carbocycles. The summed E-state index contributed by atoms with van der Waals surface area (Å²) in [5, 5.41) is 2.85. The quantitative estimate of drug-likeness (QED) is 0.757. The van der Waals surface area contributed by atoms with Crippen molar-refractivity contribution in [2.45, 2.75) is 30.7 Å². The van der Waals surface area contributed by atoms with Gasteiger partial charge >= 0.3 is 0 Å². The van der Waals surface area contributed by atoms with Gasteiger partial charge in [0, 0.05) is 43.7 Å². The maximum absolute atomic E-state index is 12.9. The molecule has 4 rings (SSSR count). The summed E-state index contributed by atoms with van der Waals surface area (Å²) >= 11 is 1.65. The standard InChI is InChI=1S/C21H28N4O4S/c1-21-8-7-19(27)25(21)17(14-30-21)20(28)23(2)13-18(26)22-15-3-5-16(6-4-15)24-9-11-29-12-10-24/h3-6,17H,7-14H2,1-2H3,(H,22,26). The molecule has 3 aliphatic rings. The molecular weight excluding hydrogens is 404 g/mol. The molecule has 3 aliphatic heterocycles. The van der Waals surface area contributed by atoms with E-state index in [9.17, 15) is 14.4 Å². The number of rotatable bonds is 5. The van der Waals surface area contributed by atoms with Crippen molar-refractivity contribution >= 4 is 40.9 Å². The van der Waals surface area contributed by atoms with Crippen molar-refractivity contribution in [3.8, 4) is 0 Å². The maximum atomic E-state index is 12.9. The third-order valence-corrected chi connectivity index (χ3v) is 7.52. The molecule has 0 saturated carbocycles. The number of thioether (sulfide) groups is 1. The van der Waals surface area contributed by atoms with Gasteiger partial charge in [0.15, 0.2) is 0 Å². The summed E-state index contributed by atoms with van der Waals surface area (Å²) in [7, 11) is 1.62. The molecule has 0 aromatic heterocycles. The Morgan fingerprint density at radius 1 is 1.27 bits per heavy atom. The summed E-state index contributed by atoms with van der Waals surface area (Å²) in [6, 6.07) is 7.20. The fourth-order valence-electron chi connectivity index (χ4n) is 4.33. The number of amides is 3. The van der Waals surface area contributed by atoms with Gasteiger partial charge in [-0.15, -0.1) is 11.8 Å². The topological polar surface area (TPSA) is 82.2 Å². The van der Waals surface area contributed by atoms with Crippen LogP contribution in [-0.4, -0.2) is 84.1 Å². The van der Waals surface area contributed by atoms with E-state index in [4.69, 9.17) is 4.74 Å². The van der Waals surface area contributed by atoms with Gasteiger partial charge in [0.1, 0.15) is 6.04 Å². The predicted octanol–water partition coefficient (Wildman–Crippen LogP) is 1.37. The monoisotopic (exact) mass is 432 g/mol. The van der Waals surface area contributed by atoms with E-state index in [-0.39, 0.29) is 29.1 Å². The lowest BCUT2D eigenvalue weighted by molar-refractivity contribution is -0.143. The van der Waals surface area contributed by atoms with Crippen LogP contribution in [0.15, 0.2) is 24.3 Å². The van der Waals surface area contributed by atoms with Crippen LogP contribution in [0.3, 0.4) is 0 Å². The Bertz CT molecular complexity index is 827. The third-order valence-electron chi connectivity index (χ3n) is 6.01. The molecule has 0 bridgehead atoms. The zero-order valence-corrected chi connectivity index (χ0v) is 18.2. The molecule has 3 heterocycles. The largest absolute Gasteiger partial charge is 0.378 e. The molecule has 3 fully saturated rings. The van der Waals surface area contributed by atoms with E-state index < -0.39 is 6.04 Å². The van der Waals surface area contributed by atoms with Crippen molar-refractivity contribution in [1.82, 2.24) is 9.80 Å². The number of anilines is 2. The van der Waals surface area contributed by atoms with E-state index in [0.717, 1.165) is 38.4 Å². The van der Waals surface area contributed by atoms with Crippen LogP contribution >= 0.6 is 11.8 Å². The van der Waals surface area contributed by atoms with Crippen LogP contribution in [-0.2, 0) is 19.1 Å². The van der Waals surface area contributed by atoms with Crippen LogP contribution < -0.4 is 10.2 Å². The van der Waals surface area contributed by atoms with Crippen molar-refractivity contribution in [2.75, 3.05) is 55.9 Å². The molecule has 3 amide bonds. The number of likely N-dealkylation sites (N-methyl/N-ethyl adjacent to an activating group) is 1. The number of morpholine rings is 1. The third kappa shape index (κ3) is 4.13. The number of fused-ring (bicyclic) bond motifs is 1. The van der Waals surface area contributed by atoms with Gasteiger partial charge in [0.05, 0.1) is 24.6 Å². The Balaban J connectivity index is 1.31. The number of benzene rings is 1. The second-order valence-corrected chi connectivity index (χ2v) is 9.66. The van der Waals surface area contributed by atoms with Gasteiger partial charge in [-0.3, -0.25) is 14.4 Å². The maximum Gasteiger partial charge on any atom is 0.246 e. The number of carbonyl (C=O) groups is 3. The molecular formula is C21H28N4O4S. The van der Waals surface area contributed by atoms with Crippen molar-refractivity contribution in [3.63, 3.8) is 0 Å². The lowest BCUT2D eigenvalue weighted by Gasteiger charge is -2.31. The number of nitrogens with one attached hydrogen (secondary N) is 1. The fraction of sp³-hybridized carbons (Fsp3) is 0.571. The summed E-state index contributed by atoms with van der Waals surface area (Å²) in [5.41, 5.74) is 1.79. The SMILES string of the molecule is CN(CC(=O)Nc1ccc(N2CCOCC2)cc1)C(=O)C1CSC2(C)CCC(=O)N12. The predicted molar refractivity (Wildman–Crippen MR) is 116 cm³/mol. The van der Waals surface area contributed by atoms with Crippen molar-refractivity contribution < 1.29 is 19.1 Å². The van der Waals surface area contributed by atoms with Gasteiger partial charge in [0.25, 0.3) is 0 Å². The molecule has 8 nitrogen and oxygen atoms in total. The molecule has 2 unspecified atom stereocenters. The van der Waals surface area contributed by atoms with Gasteiger partial charge in [-0.2, -0.15) is 0 Å². The highest BCUT2D eigenvalue weighted by Crippen LogP contribution is 2.47. The molecule has 2 atom stereocenters. The van der Waals surface area contributed by atoms with E-state index in [1.165, 1.54) is 4.90 Å². The molecule has 9 heteroatoms. The summed E-state index contributed by atoms with van der Waals surface area (Å²) in [4.78, 5) is 42.7. The first kappa shape index (κ1) is 21.0. The van der Waals surface area contributed by atoms with Crippen molar-refractivity contribution in [3.05, 3.63) is 24.3 Å². The highest BCUT2D eigenvalue weighted by molar-refractivity contribution is 8.01. The number of hydrogen-bond donors (Lipinski definition) is 1. The van der Waals surface area contributed by atoms with Crippen LogP contribution in [0.2, 0.25) is 0 Å². The van der Waals surface area contributed by atoms with Crippen molar-refractivity contribution in [1.29, 1.82) is 0 Å². The van der Waals surface area contributed by atoms with Crippen LogP contribution in [0.5, 0.6) is 0 Å². The second kappa shape index (κ2) is 8.47. The van der Waals surface area contributed by atoms with E-state index in [1.807, 2.05) is 31.2 Å². The van der Waals surface area contributed by atoms with Gasteiger partial charge in [-0.25, -0.2) is 0 Å². The minimum atomic E-state index is -0.486. The average Bonchev–Trinajstić information content (AvgIpc) is 3.24. The molecule has 1 aromatic rings. The van der Waals surface area contributed by atoms with E-state index in [1.54, 1.807) is 23.7 Å². The fourth-order valence-corrected chi connectivity index (χ4v) is 5.75. The average molecular weight is 433 g/mol. The van der Waals surface area contributed by atoms with Crippen LogP contribution in [0.1, 0.15) is 19.8 Å². The summed E-state index contributed by atoms with van der Waals surface area (Å²) in [6.45, 7) is 5.13. The van der Waals surface area contributed by atoms with E-state index in [2.05, 4.69) is 10.2 Å². The van der Waals surface area contributed by atoms with Crippen LogP contribution in [0.25, 0.3) is 0 Å². The second-order valence-electron chi connectivity index (χ2n) is 8.15. The number of carbonyl (C=O) groups excluding carboxylic acids is 3. The number of ether oxygens (including phenoxy) is 1. The first-order chi connectivity index (χ1) is 14.4. The summed E-state index contributed by atoms with van der Waals surface area (Å²) < 4.78 is 5.37. The normalized spacial score (nSPS) is 25.9. The van der Waals surface area contributed by atoms with Crippen LogP contribution in [0, 0.1) is 0 Å².